The minimum atomic E-state index is -0.327. The summed E-state index contributed by atoms with van der Waals surface area (Å²) in [6.07, 6.45) is 0. The topological polar surface area (TPSA) is 80.9 Å². The molecule has 0 fully saturated rings. The average Bonchev–Trinajstić information content (AvgIpc) is 2.33. The van der Waals surface area contributed by atoms with Crippen LogP contribution in [0.15, 0.2) is 34.8 Å². The monoisotopic (exact) mass is 306 g/mol. The number of nitrogens with one attached hydrogen (secondary N) is 1. The predicted molar refractivity (Wildman–Crippen MR) is 73.3 cm³/mol. The number of nitrogens with zero attached hydrogens (tertiary/aromatic N) is 2. The zero-order valence-corrected chi connectivity index (χ0v) is 11.2. The number of halogens is 1. The molecule has 2 aromatic rings. The van der Waals surface area contributed by atoms with Gasteiger partial charge in [-0.25, -0.2) is 0 Å². The Hall–Kier alpha value is -1.95. The first kappa shape index (κ1) is 12.5. The van der Waals surface area contributed by atoms with Crippen LogP contribution in [0.3, 0.4) is 0 Å². The van der Waals surface area contributed by atoms with Crippen LogP contribution in [-0.4, -0.2) is 16.1 Å². The Labute approximate surface area is 113 Å². The van der Waals surface area contributed by atoms with Crippen LogP contribution in [0.25, 0.3) is 0 Å². The fourth-order valence-electron chi connectivity index (χ4n) is 1.37. The summed E-state index contributed by atoms with van der Waals surface area (Å²) >= 11 is 3.39. The minimum absolute atomic E-state index is 0.219. The average molecular weight is 307 g/mol. The maximum atomic E-state index is 11.9. The Morgan fingerprint density at radius 2 is 2.06 bits per heavy atom. The number of aromatic nitrogens is 2. The standard InChI is InChI=1S/C12H11BrN4O/c1-7-2-3-9(8(13)6-7)15-12(18)10-4-5-11(14)17-16-10/h2-6H,1H3,(H2,14,17)(H,15,18). The van der Waals surface area contributed by atoms with Gasteiger partial charge < -0.3 is 11.1 Å². The number of nitrogens with two attached hydrogens (primary N) is 1. The number of hydrogen-bond donors (Lipinski definition) is 2. The summed E-state index contributed by atoms with van der Waals surface area (Å²) in [5.41, 5.74) is 7.41. The van der Waals surface area contributed by atoms with Gasteiger partial charge >= 0.3 is 0 Å². The van der Waals surface area contributed by atoms with Gasteiger partial charge in [0.05, 0.1) is 5.69 Å². The molecule has 5 nitrogen and oxygen atoms in total. The zero-order valence-electron chi connectivity index (χ0n) is 9.64. The number of amides is 1. The van der Waals surface area contributed by atoms with Gasteiger partial charge in [0.1, 0.15) is 5.82 Å². The molecule has 0 spiro atoms. The van der Waals surface area contributed by atoms with Gasteiger partial charge in [0.2, 0.25) is 0 Å². The fraction of sp³-hybridized carbons (Fsp3) is 0.0833. The molecule has 1 aromatic heterocycles. The third kappa shape index (κ3) is 2.84. The van der Waals surface area contributed by atoms with Crippen molar-refractivity contribution in [2.24, 2.45) is 0 Å². The molecule has 92 valence electrons. The SMILES string of the molecule is Cc1ccc(NC(=O)c2ccc(N)nn2)c(Br)c1. The molecule has 6 heteroatoms. The van der Waals surface area contributed by atoms with E-state index in [0.29, 0.717) is 5.69 Å². The molecule has 0 saturated carbocycles. The fourth-order valence-corrected chi connectivity index (χ4v) is 1.96. The maximum Gasteiger partial charge on any atom is 0.276 e. The first-order valence-electron chi connectivity index (χ1n) is 5.23. The molecule has 0 aliphatic rings. The van der Waals surface area contributed by atoms with Crippen molar-refractivity contribution >= 4 is 33.3 Å². The van der Waals surface area contributed by atoms with E-state index < -0.39 is 0 Å². The van der Waals surface area contributed by atoms with Crippen LogP contribution in [0.2, 0.25) is 0 Å². The summed E-state index contributed by atoms with van der Waals surface area (Å²) in [5, 5.41) is 10.1. The maximum absolute atomic E-state index is 11.9. The van der Waals surface area contributed by atoms with Crippen LogP contribution in [0.4, 0.5) is 11.5 Å². The second kappa shape index (κ2) is 5.14. The molecule has 1 heterocycles. The molecule has 2 rings (SSSR count). The van der Waals surface area contributed by atoms with E-state index in [1.807, 2.05) is 25.1 Å². The Morgan fingerprint density at radius 1 is 1.28 bits per heavy atom. The summed E-state index contributed by atoms with van der Waals surface area (Å²) in [4.78, 5) is 11.9. The van der Waals surface area contributed by atoms with Crippen LogP contribution >= 0.6 is 15.9 Å². The Morgan fingerprint density at radius 3 is 2.67 bits per heavy atom. The first-order chi connectivity index (χ1) is 8.56. The molecule has 0 aliphatic carbocycles. The molecule has 0 bridgehead atoms. The number of nitrogen functional groups attached to an aromatic ring is 1. The Bertz CT molecular complexity index is 583. The summed E-state index contributed by atoms with van der Waals surface area (Å²) in [6, 6.07) is 8.72. The smallest absolute Gasteiger partial charge is 0.276 e. The van der Waals surface area contributed by atoms with Gasteiger partial charge in [-0.15, -0.1) is 10.2 Å². The van der Waals surface area contributed by atoms with Crippen molar-refractivity contribution in [3.8, 4) is 0 Å². The van der Waals surface area contributed by atoms with Crippen LogP contribution in [-0.2, 0) is 0 Å². The molecular weight excluding hydrogens is 296 g/mol. The van der Waals surface area contributed by atoms with Crippen molar-refractivity contribution in [2.45, 2.75) is 6.92 Å². The van der Waals surface area contributed by atoms with E-state index in [1.165, 1.54) is 12.1 Å². The van der Waals surface area contributed by atoms with Crippen molar-refractivity contribution in [2.75, 3.05) is 11.1 Å². The van der Waals surface area contributed by atoms with Gasteiger partial charge in [0.15, 0.2) is 5.69 Å². The Kier molecular flexibility index (Phi) is 3.57. The van der Waals surface area contributed by atoms with Gasteiger partial charge in [-0.1, -0.05) is 6.07 Å². The van der Waals surface area contributed by atoms with E-state index in [-0.39, 0.29) is 17.4 Å². The van der Waals surface area contributed by atoms with Crippen LogP contribution in [0, 0.1) is 6.92 Å². The lowest BCUT2D eigenvalue weighted by Crippen LogP contribution is -2.15. The second-order valence-corrected chi connectivity index (χ2v) is 4.64. The lowest BCUT2D eigenvalue weighted by Gasteiger charge is -2.07. The Balaban J connectivity index is 2.18. The summed E-state index contributed by atoms with van der Waals surface area (Å²) in [5.74, 6) is -0.0462. The van der Waals surface area contributed by atoms with E-state index in [9.17, 15) is 4.79 Å². The summed E-state index contributed by atoms with van der Waals surface area (Å²) in [7, 11) is 0. The van der Waals surface area contributed by atoms with Gasteiger partial charge in [0, 0.05) is 4.47 Å². The summed E-state index contributed by atoms with van der Waals surface area (Å²) < 4.78 is 0.819. The highest BCUT2D eigenvalue weighted by atomic mass is 79.9. The van der Waals surface area contributed by atoms with E-state index in [4.69, 9.17) is 5.73 Å². The number of hydrogen-bond acceptors (Lipinski definition) is 4. The number of benzene rings is 1. The van der Waals surface area contributed by atoms with Crippen LogP contribution < -0.4 is 11.1 Å². The number of anilines is 2. The van der Waals surface area contributed by atoms with Crippen molar-refractivity contribution < 1.29 is 4.79 Å². The van der Waals surface area contributed by atoms with Crippen LogP contribution in [0.5, 0.6) is 0 Å². The summed E-state index contributed by atoms with van der Waals surface area (Å²) in [6.45, 7) is 1.97. The highest BCUT2D eigenvalue weighted by Crippen LogP contribution is 2.23. The quantitative estimate of drug-likeness (QED) is 0.892. The molecule has 0 aliphatic heterocycles. The van der Waals surface area contributed by atoms with Crippen molar-refractivity contribution in [3.63, 3.8) is 0 Å². The third-order valence-corrected chi connectivity index (χ3v) is 2.95. The third-order valence-electron chi connectivity index (χ3n) is 2.29. The van der Waals surface area contributed by atoms with E-state index >= 15 is 0 Å². The van der Waals surface area contributed by atoms with Gasteiger partial charge in [-0.3, -0.25) is 4.79 Å². The highest BCUT2D eigenvalue weighted by molar-refractivity contribution is 9.10. The zero-order chi connectivity index (χ0) is 13.1. The largest absolute Gasteiger partial charge is 0.382 e. The second-order valence-electron chi connectivity index (χ2n) is 3.78. The molecule has 3 N–H and O–H groups in total. The van der Waals surface area contributed by atoms with Crippen molar-refractivity contribution in [1.29, 1.82) is 0 Å². The molecule has 0 radical (unpaired) electrons. The predicted octanol–water partition coefficient (Wildman–Crippen LogP) is 2.38. The molecule has 0 unspecified atom stereocenters. The molecule has 1 aromatic carbocycles. The van der Waals surface area contributed by atoms with Gasteiger partial charge in [0.25, 0.3) is 5.91 Å². The molecule has 1 amide bonds. The molecular formula is C12H11BrN4O. The molecule has 18 heavy (non-hydrogen) atoms. The van der Waals surface area contributed by atoms with E-state index in [1.54, 1.807) is 0 Å². The lowest BCUT2D eigenvalue weighted by atomic mass is 10.2. The van der Waals surface area contributed by atoms with E-state index in [2.05, 4.69) is 31.4 Å². The van der Waals surface area contributed by atoms with Crippen molar-refractivity contribution in [3.05, 3.63) is 46.1 Å². The van der Waals surface area contributed by atoms with Crippen molar-refractivity contribution in [1.82, 2.24) is 10.2 Å². The number of rotatable bonds is 2. The highest BCUT2D eigenvalue weighted by Gasteiger charge is 2.10. The number of carbonyl (C=O) groups excluding carboxylic acids is 1. The molecule has 0 atom stereocenters. The lowest BCUT2D eigenvalue weighted by molar-refractivity contribution is 0.102. The van der Waals surface area contributed by atoms with E-state index in [0.717, 1.165) is 10.0 Å². The van der Waals surface area contributed by atoms with Crippen LogP contribution in [0.1, 0.15) is 16.1 Å². The number of carbonyl (C=O) groups is 1. The molecule has 0 saturated heterocycles. The van der Waals surface area contributed by atoms with Gasteiger partial charge in [-0.2, -0.15) is 0 Å². The number of aryl methyl sites for hydroxylation is 1. The van der Waals surface area contributed by atoms with Gasteiger partial charge in [-0.05, 0) is 52.7 Å². The first-order valence-corrected chi connectivity index (χ1v) is 6.02. The minimum Gasteiger partial charge on any atom is -0.382 e. The normalized spacial score (nSPS) is 10.1.